The Morgan fingerprint density at radius 1 is 1.23 bits per heavy atom. The molecule has 2 atom stereocenters. The van der Waals surface area contributed by atoms with Crippen LogP contribution in [-0.4, -0.2) is 32.3 Å². The molecule has 0 spiro atoms. The topological polar surface area (TPSA) is 46.3 Å². The minimum Gasteiger partial charge on any atom is -0.346 e. The smallest absolute Gasteiger partial charge is 0.157 e. The molecule has 1 aliphatic heterocycles. The van der Waals surface area contributed by atoms with Crippen molar-refractivity contribution in [1.29, 1.82) is 0 Å². The van der Waals surface area contributed by atoms with Gasteiger partial charge in [0.05, 0.1) is 25.0 Å². The molecule has 0 bridgehead atoms. The van der Waals surface area contributed by atoms with Crippen molar-refractivity contribution in [2.45, 2.75) is 18.6 Å². The van der Waals surface area contributed by atoms with Gasteiger partial charge in [-0.2, -0.15) is 5.10 Å². The molecule has 1 saturated heterocycles. The number of fused-ring (bicyclic) bond motifs is 1. The Morgan fingerprint density at radius 3 is 3.00 bits per heavy atom. The summed E-state index contributed by atoms with van der Waals surface area (Å²) in [6.07, 6.45) is 5.49. The molecule has 0 amide bonds. The number of rotatable bonds is 2. The first-order chi connectivity index (χ1) is 10.7. The summed E-state index contributed by atoms with van der Waals surface area (Å²) >= 11 is 0. The van der Waals surface area contributed by atoms with Gasteiger partial charge in [0, 0.05) is 24.9 Å². The molecule has 4 rings (SSSR count). The van der Waals surface area contributed by atoms with Crippen LogP contribution >= 0.6 is 0 Å². The molecule has 0 unspecified atom stereocenters. The highest BCUT2D eigenvalue weighted by molar-refractivity contribution is 5.50. The maximum atomic E-state index is 13.9. The van der Waals surface area contributed by atoms with Crippen LogP contribution in [0.1, 0.15) is 18.0 Å². The molecule has 1 aliphatic rings. The van der Waals surface area contributed by atoms with E-state index in [1.54, 1.807) is 35.2 Å². The number of hydrogen-bond donors (Lipinski definition) is 0. The van der Waals surface area contributed by atoms with Crippen LogP contribution in [0.3, 0.4) is 0 Å². The largest absolute Gasteiger partial charge is 0.346 e. The van der Waals surface area contributed by atoms with Gasteiger partial charge in [-0.05, 0) is 17.7 Å². The second-order valence-corrected chi connectivity index (χ2v) is 5.36. The molecule has 112 valence electrons. The maximum absolute atomic E-state index is 13.9. The average Bonchev–Trinajstić information content (AvgIpc) is 3.12. The van der Waals surface area contributed by atoms with Crippen molar-refractivity contribution in [1.82, 2.24) is 19.6 Å². The van der Waals surface area contributed by atoms with Gasteiger partial charge in [0.1, 0.15) is 17.8 Å². The highest BCUT2D eigenvalue weighted by atomic mass is 19.1. The normalized spacial score (nSPS) is 21.6. The lowest BCUT2D eigenvalue weighted by Gasteiger charge is -2.25. The maximum Gasteiger partial charge on any atom is 0.157 e. The summed E-state index contributed by atoms with van der Waals surface area (Å²) in [5.74, 6) is 0.237. The van der Waals surface area contributed by atoms with Gasteiger partial charge in [0.25, 0.3) is 0 Å². The second kappa shape index (κ2) is 5.01. The van der Waals surface area contributed by atoms with Gasteiger partial charge in [-0.25, -0.2) is 18.3 Å². The van der Waals surface area contributed by atoms with Crippen molar-refractivity contribution in [3.8, 4) is 0 Å². The molecule has 0 aromatic carbocycles. The highest BCUT2D eigenvalue weighted by Gasteiger charge is 2.34. The van der Waals surface area contributed by atoms with E-state index in [0.29, 0.717) is 23.4 Å². The van der Waals surface area contributed by atoms with Crippen molar-refractivity contribution in [2.24, 2.45) is 0 Å². The fourth-order valence-electron chi connectivity index (χ4n) is 2.93. The average molecular weight is 301 g/mol. The van der Waals surface area contributed by atoms with E-state index in [2.05, 4.69) is 15.1 Å². The van der Waals surface area contributed by atoms with E-state index in [-0.39, 0.29) is 12.6 Å². The van der Waals surface area contributed by atoms with Crippen molar-refractivity contribution in [3.63, 3.8) is 0 Å². The Bertz CT molecular complexity index is 818. The lowest BCUT2D eigenvalue weighted by atomic mass is 10.1. The molecular formula is C15H13F2N5. The second-order valence-electron chi connectivity index (χ2n) is 5.36. The van der Waals surface area contributed by atoms with E-state index < -0.39 is 12.0 Å². The molecule has 7 heteroatoms. The van der Waals surface area contributed by atoms with E-state index in [1.165, 1.54) is 6.07 Å². The number of hydrogen-bond acceptors (Lipinski definition) is 4. The third-order valence-electron chi connectivity index (χ3n) is 3.90. The Morgan fingerprint density at radius 2 is 2.14 bits per heavy atom. The third-order valence-corrected chi connectivity index (χ3v) is 3.90. The van der Waals surface area contributed by atoms with Crippen LogP contribution in [0.2, 0.25) is 0 Å². The number of aromatic nitrogens is 4. The van der Waals surface area contributed by atoms with Gasteiger partial charge >= 0.3 is 0 Å². The van der Waals surface area contributed by atoms with Gasteiger partial charge in [-0.1, -0.05) is 0 Å². The standard InChI is InChI=1S/C15H13F2N5/c16-11-5-10(7-18-8-11)13-6-12(17)9-21(13)14-2-4-22-15(20-14)1-3-19-22/h1-5,7-8,12-13H,6,9H2/t12-,13+/m0/s1. The molecular weight excluding hydrogens is 288 g/mol. The lowest BCUT2D eigenvalue weighted by Crippen LogP contribution is -2.25. The minimum absolute atomic E-state index is 0.235. The van der Waals surface area contributed by atoms with Gasteiger partial charge in [-0.3, -0.25) is 4.98 Å². The zero-order valence-corrected chi connectivity index (χ0v) is 11.6. The predicted octanol–water partition coefficient (Wildman–Crippen LogP) is 2.55. The van der Waals surface area contributed by atoms with Crippen LogP contribution < -0.4 is 4.90 Å². The van der Waals surface area contributed by atoms with Crippen LogP contribution in [0.15, 0.2) is 43.0 Å². The van der Waals surface area contributed by atoms with Gasteiger partial charge in [-0.15, -0.1) is 0 Å². The third kappa shape index (κ3) is 2.18. The Labute approximate surface area is 125 Å². The lowest BCUT2D eigenvalue weighted by molar-refractivity contribution is 0.356. The predicted molar refractivity (Wildman–Crippen MR) is 76.8 cm³/mol. The molecule has 22 heavy (non-hydrogen) atoms. The van der Waals surface area contributed by atoms with Crippen molar-refractivity contribution in [3.05, 3.63) is 54.4 Å². The number of nitrogens with zero attached hydrogens (tertiary/aromatic N) is 5. The number of pyridine rings is 1. The summed E-state index contributed by atoms with van der Waals surface area (Å²) in [5.41, 5.74) is 1.35. The summed E-state index contributed by atoms with van der Waals surface area (Å²) in [4.78, 5) is 10.2. The minimum atomic E-state index is -0.976. The molecule has 3 aromatic rings. The highest BCUT2D eigenvalue weighted by Crippen LogP contribution is 2.36. The van der Waals surface area contributed by atoms with Crippen LogP contribution in [0.4, 0.5) is 14.6 Å². The van der Waals surface area contributed by atoms with Gasteiger partial charge < -0.3 is 4.90 Å². The molecule has 0 N–H and O–H groups in total. The van der Waals surface area contributed by atoms with Crippen molar-refractivity contribution < 1.29 is 8.78 Å². The van der Waals surface area contributed by atoms with Crippen molar-refractivity contribution >= 4 is 11.5 Å². The first kappa shape index (κ1) is 13.1. The molecule has 5 nitrogen and oxygen atoms in total. The van der Waals surface area contributed by atoms with E-state index in [0.717, 1.165) is 6.20 Å². The molecule has 3 aromatic heterocycles. The van der Waals surface area contributed by atoms with Crippen LogP contribution in [0.5, 0.6) is 0 Å². The number of alkyl halides is 1. The fraction of sp³-hybridized carbons (Fsp3) is 0.267. The summed E-state index contributed by atoms with van der Waals surface area (Å²) in [6.45, 7) is 0.235. The quantitative estimate of drug-likeness (QED) is 0.730. The summed E-state index contributed by atoms with van der Waals surface area (Å²) in [7, 11) is 0. The first-order valence-electron chi connectivity index (χ1n) is 7.02. The van der Waals surface area contributed by atoms with Crippen molar-refractivity contribution in [2.75, 3.05) is 11.4 Å². The zero-order chi connectivity index (χ0) is 15.1. The Kier molecular flexibility index (Phi) is 2.99. The Balaban J connectivity index is 1.74. The number of anilines is 1. The van der Waals surface area contributed by atoms with E-state index >= 15 is 0 Å². The van der Waals surface area contributed by atoms with Gasteiger partial charge in [0.2, 0.25) is 0 Å². The zero-order valence-electron chi connectivity index (χ0n) is 11.6. The first-order valence-corrected chi connectivity index (χ1v) is 7.02. The summed E-state index contributed by atoms with van der Waals surface area (Å²) in [6, 6.07) is 4.71. The van der Waals surface area contributed by atoms with Crippen LogP contribution in [0, 0.1) is 5.82 Å². The van der Waals surface area contributed by atoms with E-state index in [9.17, 15) is 8.78 Å². The molecule has 4 heterocycles. The number of halogens is 2. The van der Waals surface area contributed by atoms with Crippen LogP contribution in [-0.2, 0) is 0 Å². The monoisotopic (exact) mass is 301 g/mol. The SMILES string of the molecule is Fc1cncc([C@H]2C[C@H](F)CN2c2ccn3nccc3n2)c1. The summed E-state index contributed by atoms with van der Waals surface area (Å²) in [5, 5.41) is 4.09. The Hall–Kier alpha value is -2.57. The van der Waals surface area contributed by atoms with Crippen LogP contribution in [0.25, 0.3) is 5.65 Å². The molecule has 0 saturated carbocycles. The molecule has 1 fully saturated rings. The molecule has 0 radical (unpaired) electrons. The summed E-state index contributed by atoms with van der Waals surface area (Å²) < 4.78 is 29.0. The van der Waals surface area contributed by atoms with E-state index in [4.69, 9.17) is 0 Å². The van der Waals surface area contributed by atoms with Gasteiger partial charge in [0.15, 0.2) is 5.65 Å². The van der Waals surface area contributed by atoms with E-state index in [1.807, 2.05) is 4.90 Å². The molecule has 0 aliphatic carbocycles. The fourth-order valence-corrected chi connectivity index (χ4v) is 2.93.